The van der Waals surface area contributed by atoms with Gasteiger partial charge in [0.05, 0.1) is 25.2 Å². The first-order chi connectivity index (χ1) is 11.0. The van der Waals surface area contributed by atoms with Gasteiger partial charge < -0.3 is 14.6 Å². The highest BCUT2D eigenvalue weighted by atomic mass is 32.2. The second kappa shape index (κ2) is 8.49. The fraction of sp³-hybridized carbons (Fsp3) is 0.765. The maximum absolute atomic E-state index is 12.3. The molecule has 23 heavy (non-hydrogen) atoms. The molecule has 0 aliphatic heterocycles. The van der Waals surface area contributed by atoms with E-state index in [1.54, 1.807) is 0 Å². The number of allylic oxidation sites excluding steroid dienone is 2. The molecule has 1 N–H and O–H groups in total. The summed E-state index contributed by atoms with van der Waals surface area (Å²) < 4.78 is 11.3. The molecule has 2 aliphatic carbocycles. The van der Waals surface area contributed by atoms with Crippen LogP contribution in [0, 0.1) is 29.6 Å². The third-order valence-electron chi connectivity index (χ3n) is 4.92. The number of fused-ring (bicyclic) bond motifs is 1. The van der Waals surface area contributed by atoms with Gasteiger partial charge in [-0.1, -0.05) is 30.8 Å². The van der Waals surface area contributed by atoms with Gasteiger partial charge in [0.15, 0.2) is 0 Å². The molecule has 0 unspecified atom stereocenters. The Balaban J connectivity index is 2.06. The van der Waals surface area contributed by atoms with Gasteiger partial charge in [0.1, 0.15) is 0 Å². The molecule has 0 saturated heterocycles. The molecule has 0 bridgehead atoms. The second-order valence-corrected chi connectivity index (χ2v) is 7.84. The van der Waals surface area contributed by atoms with Crippen LogP contribution in [-0.2, 0) is 14.3 Å². The summed E-state index contributed by atoms with van der Waals surface area (Å²) in [7, 11) is 0. The van der Waals surface area contributed by atoms with Gasteiger partial charge in [-0.2, -0.15) is 0 Å². The lowest BCUT2D eigenvalue weighted by Crippen LogP contribution is -2.47. The SMILES string of the molecule is CCOC(=O)[C@@H]1[C@H]2[C@@H](O)C[C@@H](COC(=S)SC)C[C@@H]2C=C[C@@H]1C. The van der Waals surface area contributed by atoms with E-state index in [0.29, 0.717) is 24.0 Å². The van der Waals surface area contributed by atoms with Gasteiger partial charge in [0, 0.05) is 5.92 Å². The van der Waals surface area contributed by atoms with E-state index in [0.717, 1.165) is 6.42 Å². The molecule has 6 heteroatoms. The van der Waals surface area contributed by atoms with E-state index in [4.69, 9.17) is 21.7 Å². The summed E-state index contributed by atoms with van der Waals surface area (Å²) in [6, 6.07) is 0. The van der Waals surface area contributed by atoms with Crippen molar-refractivity contribution in [1.82, 2.24) is 0 Å². The van der Waals surface area contributed by atoms with Crippen molar-refractivity contribution in [1.29, 1.82) is 0 Å². The Bertz CT molecular complexity index is 466. The topological polar surface area (TPSA) is 55.8 Å². The minimum atomic E-state index is -0.507. The fourth-order valence-electron chi connectivity index (χ4n) is 3.91. The monoisotopic (exact) mass is 358 g/mol. The molecule has 130 valence electrons. The van der Waals surface area contributed by atoms with Crippen LogP contribution < -0.4 is 0 Å². The zero-order valence-corrected chi connectivity index (χ0v) is 15.6. The second-order valence-electron chi connectivity index (χ2n) is 6.43. The lowest BCUT2D eigenvalue weighted by molar-refractivity contribution is -0.157. The van der Waals surface area contributed by atoms with Crippen LogP contribution in [0.2, 0.25) is 0 Å². The number of aliphatic hydroxyl groups excluding tert-OH is 1. The normalized spacial score (nSPS) is 36.2. The Labute approximate surface area is 148 Å². The zero-order valence-electron chi connectivity index (χ0n) is 13.9. The van der Waals surface area contributed by atoms with Gasteiger partial charge in [-0.15, -0.1) is 0 Å². The first kappa shape index (κ1) is 18.7. The molecule has 0 heterocycles. The molecule has 0 aromatic rings. The van der Waals surface area contributed by atoms with E-state index >= 15 is 0 Å². The van der Waals surface area contributed by atoms with E-state index < -0.39 is 6.10 Å². The van der Waals surface area contributed by atoms with Crippen molar-refractivity contribution in [2.24, 2.45) is 29.6 Å². The van der Waals surface area contributed by atoms with Crippen molar-refractivity contribution in [2.45, 2.75) is 32.8 Å². The van der Waals surface area contributed by atoms with E-state index in [1.807, 2.05) is 20.1 Å². The molecule has 0 aromatic carbocycles. The molecule has 1 fully saturated rings. The van der Waals surface area contributed by atoms with Crippen LogP contribution in [0.4, 0.5) is 0 Å². The first-order valence-electron chi connectivity index (χ1n) is 8.21. The molecule has 0 radical (unpaired) electrons. The highest BCUT2D eigenvalue weighted by molar-refractivity contribution is 8.22. The Morgan fingerprint density at radius 3 is 2.74 bits per heavy atom. The standard InChI is InChI=1S/C17H26O4S2/c1-4-20-16(19)14-10(2)5-6-12-7-11(8-13(18)15(12)14)9-21-17(22)23-3/h5-6,10-15,18H,4,7-9H2,1-3H3/t10-,11-,12-,13-,14-,15+/m0/s1. The van der Waals surface area contributed by atoms with E-state index in [1.165, 1.54) is 11.8 Å². The van der Waals surface area contributed by atoms with Crippen molar-refractivity contribution in [3.63, 3.8) is 0 Å². The maximum Gasteiger partial charge on any atom is 0.309 e. The van der Waals surface area contributed by atoms with Crippen molar-refractivity contribution in [2.75, 3.05) is 19.5 Å². The number of carbonyl (C=O) groups is 1. The predicted octanol–water partition coefficient (Wildman–Crippen LogP) is 3.04. The predicted molar refractivity (Wildman–Crippen MR) is 96.2 cm³/mol. The Kier molecular flexibility index (Phi) is 6.92. The molecule has 1 saturated carbocycles. The van der Waals surface area contributed by atoms with Crippen LogP contribution in [0.1, 0.15) is 26.7 Å². The number of aliphatic hydroxyl groups is 1. The maximum atomic E-state index is 12.3. The molecule has 0 aromatic heterocycles. The minimum absolute atomic E-state index is 0.0576. The van der Waals surface area contributed by atoms with Crippen molar-refractivity contribution < 1.29 is 19.4 Å². The van der Waals surface area contributed by atoms with Crippen LogP contribution in [0.25, 0.3) is 0 Å². The number of carbonyl (C=O) groups excluding carboxylic acids is 1. The number of thioether (sulfide) groups is 1. The molecular formula is C17H26O4S2. The highest BCUT2D eigenvalue weighted by Crippen LogP contribution is 2.45. The van der Waals surface area contributed by atoms with E-state index in [-0.39, 0.29) is 35.6 Å². The summed E-state index contributed by atoms with van der Waals surface area (Å²) >= 11 is 6.49. The Morgan fingerprint density at radius 2 is 2.09 bits per heavy atom. The van der Waals surface area contributed by atoms with Gasteiger partial charge in [-0.3, -0.25) is 4.79 Å². The highest BCUT2D eigenvalue weighted by Gasteiger charge is 2.47. The molecule has 0 spiro atoms. The third-order valence-corrected chi connectivity index (χ3v) is 5.99. The lowest BCUT2D eigenvalue weighted by Gasteiger charge is -2.45. The average Bonchev–Trinajstić information content (AvgIpc) is 2.53. The number of thiocarbonyl (C=S) groups is 1. The van der Waals surface area contributed by atoms with E-state index in [9.17, 15) is 9.90 Å². The van der Waals surface area contributed by atoms with Crippen molar-refractivity contribution >= 4 is 34.3 Å². The smallest absolute Gasteiger partial charge is 0.309 e. The third kappa shape index (κ3) is 4.48. The largest absolute Gasteiger partial charge is 0.478 e. The van der Waals surface area contributed by atoms with Crippen LogP contribution in [0.15, 0.2) is 12.2 Å². The van der Waals surface area contributed by atoms with Gasteiger partial charge >= 0.3 is 5.97 Å². The molecule has 2 aliphatic rings. The molecular weight excluding hydrogens is 332 g/mol. The number of hydrogen-bond donors (Lipinski definition) is 1. The first-order valence-corrected chi connectivity index (χ1v) is 9.85. The number of ether oxygens (including phenoxy) is 2. The summed E-state index contributed by atoms with van der Waals surface area (Å²) in [5.74, 6) is 0.0587. The Morgan fingerprint density at radius 1 is 1.35 bits per heavy atom. The van der Waals surface area contributed by atoms with Crippen molar-refractivity contribution in [3.05, 3.63) is 12.2 Å². The summed E-state index contributed by atoms with van der Waals surface area (Å²) in [6.07, 6.45) is 7.20. The van der Waals surface area contributed by atoms with Gasteiger partial charge in [0.2, 0.25) is 4.38 Å². The molecule has 0 amide bonds. The fourth-order valence-corrected chi connectivity index (χ4v) is 4.17. The Hall–Kier alpha value is -0.590. The number of esters is 1. The van der Waals surface area contributed by atoms with Crippen LogP contribution in [0.3, 0.4) is 0 Å². The summed E-state index contributed by atoms with van der Waals surface area (Å²) in [6.45, 7) is 4.75. The van der Waals surface area contributed by atoms with Crippen LogP contribution >= 0.6 is 24.0 Å². The number of rotatable bonds is 4. The van der Waals surface area contributed by atoms with Crippen molar-refractivity contribution in [3.8, 4) is 0 Å². The van der Waals surface area contributed by atoms with Gasteiger partial charge in [-0.05, 0) is 56.0 Å². The molecule has 6 atom stereocenters. The number of hydrogen-bond acceptors (Lipinski definition) is 6. The molecule has 4 nitrogen and oxygen atoms in total. The van der Waals surface area contributed by atoms with Gasteiger partial charge in [-0.25, -0.2) is 0 Å². The molecule has 2 rings (SSSR count). The average molecular weight is 359 g/mol. The lowest BCUT2D eigenvalue weighted by atomic mass is 9.62. The van der Waals surface area contributed by atoms with Gasteiger partial charge in [0.25, 0.3) is 0 Å². The summed E-state index contributed by atoms with van der Waals surface area (Å²) in [5, 5.41) is 10.7. The van der Waals surface area contributed by atoms with E-state index in [2.05, 4.69) is 12.2 Å². The summed E-state index contributed by atoms with van der Waals surface area (Å²) in [5.41, 5.74) is 0. The minimum Gasteiger partial charge on any atom is -0.478 e. The zero-order chi connectivity index (χ0) is 17.0. The quantitative estimate of drug-likeness (QED) is 0.474. The van der Waals surface area contributed by atoms with Crippen LogP contribution in [-0.4, -0.2) is 41.0 Å². The van der Waals surface area contributed by atoms with Crippen LogP contribution in [0.5, 0.6) is 0 Å². The summed E-state index contributed by atoms with van der Waals surface area (Å²) in [4.78, 5) is 12.3.